The van der Waals surface area contributed by atoms with Gasteiger partial charge in [0.2, 0.25) is 5.95 Å². The van der Waals surface area contributed by atoms with Gasteiger partial charge in [-0.2, -0.15) is 51.1 Å². The number of carboxylic acids is 1. The Balaban J connectivity index is 0.000000454. The third-order valence-corrected chi connectivity index (χ3v) is 4.19. The number of carboxylic acid groups (broad SMARTS) is 1. The van der Waals surface area contributed by atoms with Gasteiger partial charge in [0.1, 0.15) is 11.5 Å². The van der Waals surface area contributed by atoms with Crippen LogP contribution in [-0.4, -0.2) is 47.0 Å². The number of alkyl halides is 6. The van der Waals surface area contributed by atoms with Crippen molar-refractivity contribution in [2.24, 2.45) is 0 Å². The van der Waals surface area contributed by atoms with Crippen LogP contribution in [0.25, 0.3) is 28.7 Å². The van der Waals surface area contributed by atoms with Crippen LogP contribution in [0.1, 0.15) is 5.56 Å². The SMILES string of the molecule is Nc1nc(-c2ccccn2)nc(-n2nc(-c3cccc(C(F)(F)F)c3)cc2N)n1.O=C(O)C(F)(F)F. The van der Waals surface area contributed by atoms with E-state index in [0.29, 0.717) is 5.69 Å². The summed E-state index contributed by atoms with van der Waals surface area (Å²) in [5, 5.41) is 11.4. The predicted molar refractivity (Wildman–Crippen MR) is 113 cm³/mol. The van der Waals surface area contributed by atoms with Crippen LogP contribution in [0.2, 0.25) is 0 Å². The Morgan fingerprint density at radius 1 is 0.889 bits per heavy atom. The molecular formula is C20H14F6N8O2. The van der Waals surface area contributed by atoms with Crippen molar-refractivity contribution in [1.82, 2.24) is 29.7 Å². The maximum atomic E-state index is 13.0. The lowest BCUT2D eigenvalue weighted by atomic mass is 10.1. The van der Waals surface area contributed by atoms with E-state index in [9.17, 15) is 26.3 Å². The Labute approximate surface area is 197 Å². The molecule has 4 rings (SSSR count). The molecule has 3 aromatic heterocycles. The lowest BCUT2D eigenvalue weighted by Crippen LogP contribution is -2.21. The van der Waals surface area contributed by atoms with Crippen LogP contribution in [0.15, 0.2) is 54.7 Å². The van der Waals surface area contributed by atoms with Gasteiger partial charge in [-0.3, -0.25) is 4.98 Å². The topological polar surface area (TPSA) is 159 Å². The molecule has 16 heteroatoms. The monoisotopic (exact) mass is 512 g/mol. The second kappa shape index (κ2) is 9.85. The first-order valence-electron chi connectivity index (χ1n) is 9.52. The lowest BCUT2D eigenvalue weighted by Gasteiger charge is -2.07. The average molecular weight is 512 g/mol. The molecule has 0 radical (unpaired) electrons. The molecule has 0 amide bonds. The number of nitrogen functional groups attached to an aromatic ring is 2. The summed E-state index contributed by atoms with van der Waals surface area (Å²) in [5.74, 6) is -2.48. The molecule has 0 aliphatic rings. The van der Waals surface area contributed by atoms with Crippen LogP contribution in [0.4, 0.5) is 38.1 Å². The molecule has 0 unspecified atom stereocenters. The molecule has 0 bridgehead atoms. The first-order valence-corrected chi connectivity index (χ1v) is 9.52. The molecule has 0 aliphatic heterocycles. The van der Waals surface area contributed by atoms with Crippen molar-refractivity contribution in [3.8, 4) is 28.7 Å². The fraction of sp³-hybridized carbons (Fsp3) is 0.100. The molecule has 4 aromatic rings. The Hall–Kier alpha value is -4.76. The Morgan fingerprint density at radius 2 is 1.58 bits per heavy atom. The number of pyridine rings is 1. The number of aromatic nitrogens is 6. The summed E-state index contributed by atoms with van der Waals surface area (Å²) in [5.41, 5.74) is 11.9. The summed E-state index contributed by atoms with van der Waals surface area (Å²) in [6.07, 6.45) is -7.98. The summed E-state index contributed by atoms with van der Waals surface area (Å²) < 4.78 is 71.9. The highest BCUT2D eigenvalue weighted by atomic mass is 19.4. The van der Waals surface area contributed by atoms with Crippen LogP contribution in [0, 0.1) is 0 Å². The van der Waals surface area contributed by atoms with Gasteiger partial charge in [0, 0.05) is 17.8 Å². The number of hydrogen-bond acceptors (Lipinski definition) is 8. The van der Waals surface area contributed by atoms with Crippen LogP contribution < -0.4 is 11.5 Å². The smallest absolute Gasteiger partial charge is 0.475 e. The van der Waals surface area contributed by atoms with Crippen molar-refractivity contribution in [3.05, 3.63) is 60.3 Å². The molecule has 0 aliphatic carbocycles. The Kier molecular flexibility index (Phi) is 7.07. The number of anilines is 2. The summed E-state index contributed by atoms with van der Waals surface area (Å²) in [7, 11) is 0. The third kappa shape index (κ3) is 6.22. The highest BCUT2D eigenvalue weighted by molar-refractivity contribution is 5.73. The van der Waals surface area contributed by atoms with Crippen molar-refractivity contribution in [1.29, 1.82) is 0 Å². The van der Waals surface area contributed by atoms with Gasteiger partial charge in [-0.1, -0.05) is 18.2 Å². The molecule has 0 spiro atoms. The van der Waals surface area contributed by atoms with Crippen molar-refractivity contribution in [2.45, 2.75) is 12.4 Å². The van der Waals surface area contributed by atoms with Crippen LogP contribution >= 0.6 is 0 Å². The molecule has 5 N–H and O–H groups in total. The normalized spacial score (nSPS) is 11.5. The van der Waals surface area contributed by atoms with Gasteiger partial charge in [0.15, 0.2) is 5.82 Å². The van der Waals surface area contributed by atoms with E-state index in [4.69, 9.17) is 21.4 Å². The summed E-state index contributed by atoms with van der Waals surface area (Å²) in [6, 6.07) is 11.4. The zero-order valence-corrected chi connectivity index (χ0v) is 17.7. The number of aliphatic carboxylic acids is 1. The van der Waals surface area contributed by atoms with E-state index in [-0.39, 0.29) is 34.8 Å². The number of benzene rings is 1. The first-order chi connectivity index (χ1) is 16.8. The Morgan fingerprint density at radius 3 is 2.17 bits per heavy atom. The number of carbonyl (C=O) groups is 1. The number of rotatable bonds is 3. The summed E-state index contributed by atoms with van der Waals surface area (Å²) in [6.45, 7) is 0. The third-order valence-electron chi connectivity index (χ3n) is 4.19. The van der Waals surface area contributed by atoms with Gasteiger partial charge < -0.3 is 16.6 Å². The molecule has 0 fully saturated rings. The minimum Gasteiger partial charge on any atom is -0.475 e. The molecule has 3 heterocycles. The fourth-order valence-corrected chi connectivity index (χ4v) is 2.64. The largest absolute Gasteiger partial charge is 0.490 e. The number of hydrogen-bond donors (Lipinski definition) is 3. The summed E-state index contributed by atoms with van der Waals surface area (Å²) >= 11 is 0. The van der Waals surface area contributed by atoms with E-state index < -0.39 is 23.9 Å². The van der Waals surface area contributed by atoms with E-state index in [1.54, 1.807) is 24.4 Å². The van der Waals surface area contributed by atoms with Gasteiger partial charge in [-0.05, 0) is 24.3 Å². The molecule has 10 nitrogen and oxygen atoms in total. The molecule has 0 atom stereocenters. The molecule has 188 valence electrons. The van der Waals surface area contributed by atoms with Crippen LogP contribution in [0.5, 0.6) is 0 Å². The Bertz CT molecular complexity index is 1370. The second-order valence-corrected chi connectivity index (χ2v) is 6.78. The van der Waals surface area contributed by atoms with Gasteiger partial charge in [-0.25, -0.2) is 4.79 Å². The van der Waals surface area contributed by atoms with Crippen molar-refractivity contribution in [2.75, 3.05) is 11.5 Å². The maximum absolute atomic E-state index is 13.0. The van der Waals surface area contributed by atoms with Gasteiger partial charge in [-0.15, -0.1) is 0 Å². The standard InChI is InChI=1S/C18H13F3N8.C2HF3O2/c19-18(20,21)11-5-3-4-10(8-11)13-9-14(22)29(28-13)17-26-15(25-16(23)27-17)12-6-1-2-7-24-12;3-2(4,5)1(6)7/h1-9H,22H2,(H2,23,25,26,27);(H,6,7). The fourth-order valence-electron chi connectivity index (χ4n) is 2.64. The first kappa shape index (κ1) is 25.9. The minimum atomic E-state index is -5.08. The zero-order valence-electron chi connectivity index (χ0n) is 17.7. The minimum absolute atomic E-state index is 0.0221. The molecule has 36 heavy (non-hydrogen) atoms. The van der Waals surface area contributed by atoms with Gasteiger partial charge >= 0.3 is 18.3 Å². The molecule has 0 saturated heterocycles. The van der Waals surface area contributed by atoms with Gasteiger partial charge in [0.05, 0.1) is 11.3 Å². The highest BCUT2D eigenvalue weighted by Crippen LogP contribution is 2.32. The lowest BCUT2D eigenvalue weighted by molar-refractivity contribution is -0.192. The van der Waals surface area contributed by atoms with E-state index >= 15 is 0 Å². The van der Waals surface area contributed by atoms with Crippen molar-refractivity contribution < 1.29 is 36.2 Å². The quantitative estimate of drug-likeness (QED) is 0.349. The average Bonchev–Trinajstić information content (AvgIpc) is 3.20. The molecule has 1 aromatic carbocycles. The number of halogens is 6. The van der Waals surface area contributed by atoms with Gasteiger partial charge in [0.25, 0.3) is 5.95 Å². The van der Waals surface area contributed by atoms with E-state index in [1.165, 1.54) is 22.9 Å². The molecular weight excluding hydrogens is 498 g/mol. The van der Waals surface area contributed by atoms with Crippen molar-refractivity contribution in [3.63, 3.8) is 0 Å². The maximum Gasteiger partial charge on any atom is 0.490 e. The molecule has 0 saturated carbocycles. The van der Waals surface area contributed by atoms with Crippen LogP contribution in [0.3, 0.4) is 0 Å². The van der Waals surface area contributed by atoms with E-state index in [1.807, 2.05) is 0 Å². The summed E-state index contributed by atoms with van der Waals surface area (Å²) in [4.78, 5) is 25.4. The van der Waals surface area contributed by atoms with E-state index in [2.05, 4.69) is 25.0 Å². The van der Waals surface area contributed by atoms with E-state index in [0.717, 1.165) is 12.1 Å². The number of nitrogens with zero attached hydrogens (tertiary/aromatic N) is 6. The zero-order chi connectivity index (χ0) is 26.7. The second-order valence-electron chi connectivity index (χ2n) is 6.78. The van der Waals surface area contributed by atoms with Crippen molar-refractivity contribution >= 4 is 17.7 Å². The highest BCUT2D eigenvalue weighted by Gasteiger charge is 2.38. The number of nitrogens with two attached hydrogens (primary N) is 2. The van der Waals surface area contributed by atoms with Crippen LogP contribution in [-0.2, 0) is 11.0 Å². The predicted octanol–water partition coefficient (Wildman–Crippen LogP) is 3.60.